The Balaban J connectivity index is 4.82. The summed E-state index contributed by atoms with van der Waals surface area (Å²) in [5, 5.41) is 22.5. The van der Waals surface area contributed by atoms with Gasteiger partial charge in [0.05, 0.1) is 12.6 Å². The molecule has 0 radical (unpaired) electrons. The summed E-state index contributed by atoms with van der Waals surface area (Å²) in [5.74, 6) is -2.50. The number of carbonyl (C=O) groups is 3. The summed E-state index contributed by atoms with van der Waals surface area (Å²) < 4.78 is 0. The van der Waals surface area contributed by atoms with Gasteiger partial charge in [0.15, 0.2) is 0 Å². The molecule has 3 unspecified atom stereocenters. The molecule has 0 aliphatic heterocycles. The van der Waals surface area contributed by atoms with Gasteiger partial charge in [-0.05, 0) is 18.3 Å². The zero-order valence-corrected chi connectivity index (χ0v) is 13.5. The Labute approximate surface area is 130 Å². The lowest BCUT2D eigenvalue weighted by Gasteiger charge is -2.25. The smallest absolute Gasteiger partial charge is 0.328 e. The third-order valence-corrected chi connectivity index (χ3v) is 3.11. The molecule has 128 valence electrons. The van der Waals surface area contributed by atoms with Gasteiger partial charge in [0.25, 0.3) is 0 Å². The van der Waals surface area contributed by atoms with Crippen LogP contribution in [0.15, 0.2) is 0 Å². The minimum absolute atomic E-state index is 0.234. The minimum Gasteiger partial charge on any atom is -0.480 e. The number of nitrogens with one attached hydrogen (secondary N) is 2. The average molecular weight is 317 g/mol. The van der Waals surface area contributed by atoms with Crippen LogP contribution < -0.4 is 16.4 Å². The van der Waals surface area contributed by atoms with Crippen molar-refractivity contribution in [2.24, 2.45) is 17.6 Å². The van der Waals surface area contributed by atoms with E-state index in [-0.39, 0.29) is 11.8 Å². The number of aliphatic hydroxyl groups is 1. The Morgan fingerprint density at radius 2 is 1.59 bits per heavy atom. The Kier molecular flexibility index (Phi) is 8.66. The second kappa shape index (κ2) is 9.37. The number of hydrogen-bond acceptors (Lipinski definition) is 5. The number of amides is 2. The molecule has 0 aromatic heterocycles. The van der Waals surface area contributed by atoms with E-state index in [2.05, 4.69) is 10.6 Å². The molecule has 8 heteroatoms. The van der Waals surface area contributed by atoms with Crippen molar-refractivity contribution in [3.05, 3.63) is 0 Å². The molecular formula is C14H27N3O5. The molecule has 0 saturated heterocycles. The van der Waals surface area contributed by atoms with E-state index in [9.17, 15) is 14.4 Å². The van der Waals surface area contributed by atoms with Crippen LogP contribution in [0.3, 0.4) is 0 Å². The number of carboxylic acids is 1. The van der Waals surface area contributed by atoms with Crippen LogP contribution in [0.4, 0.5) is 0 Å². The van der Waals surface area contributed by atoms with E-state index in [0.717, 1.165) is 0 Å². The van der Waals surface area contributed by atoms with Crippen LogP contribution in [0.2, 0.25) is 0 Å². The summed E-state index contributed by atoms with van der Waals surface area (Å²) in [5.41, 5.74) is 5.76. The highest BCUT2D eigenvalue weighted by molar-refractivity contribution is 5.91. The maximum absolute atomic E-state index is 12.1. The third kappa shape index (κ3) is 6.86. The summed E-state index contributed by atoms with van der Waals surface area (Å²) in [6, 6.07) is -3.06. The van der Waals surface area contributed by atoms with Crippen LogP contribution in [0.5, 0.6) is 0 Å². The highest BCUT2D eigenvalue weighted by atomic mass is 16.4. The first-order valence-electron chi connectivity index (χ1n) is 7.30. The van der Waals surface area contributed by atoms with Gasteiger partial charge >= 0.3 is 5.97 Å². The van der Waals surface area contributed by atoms with Crippen LogP contribution in [-0.2, 0) is 14.4 Å². The van der Waals surface area contributed by atoms with Gasteiger partial charge in [0, 0.05) is 0 Å². The van der Waals surface area contributed by atoms with E-state index in [4.69, 9.17) is 15.9 Å². The van der Waals surface area contributed by atoms with Crippen molar-refractivity contribution in [2.45, 2.75) is 52.2 Å². The van der Waals surface area contributed by atoms with Crippen molar-refractivity contribution in [1.29, 1.82) is 0 Å². The van der Waals surface area contributed by atoms with Gasteiger partial charge < -0.3 is 26.6 Å². The molecular weight excluding hydrogens is 290 g/mol. The molecule has 0 aromatic rings. The maximum Gasteiger partial charge on any atom is 0.328 e. The van der Waals surface area contributed by atoms with Crippen molar-refractivity contribution in [1.82, 2.24) is 10.6 Å². The standard InChI is InChI=1S/C14H27N3O5/c1-7(2)5-9(15)12(19)17-11(8(3)4)13(20)16-10(6-18)14(21)22/h7-11,18H,5-6,15H2,1-4H3,(H,16,20)(H,17,19)(H,21,22). The molecule has 0 aliphatic rings. The topological polar surface area (TPSA) is 142 Å². The molecule has 0 heterocycles. The van der Waals surface area contributed by atoms with Gasteiger partial charge in [-0.3, -0.25) is 9.59 Å². The van der Waals surface area contributed by atoms with Crippen molar-refractivity contribution >= 4 is 17.8 Å². The molecule has 0 aliphatic carbocycles. The molecule has 0 aromatic carbocycles. The van der Waals surface area contributed by atoms with Gasteiger partial charge in [-0.15, -0.1) is 0 Å². The number of aliphatic carboxylic acids is 1. The summed E-state index contributed by atoms with van der Waals surface area (Å²) in [4.78, 5) is 34.9. The molecule has 0 fully saturated rings. The van der Waals surface area contributed by atoms with Crippen molar-refractivity contribution in [3.8, 4) is 0 Å². The van der Waals surface area contributed by atoms with E-state index >= 15 is 0 Å². The largest absolute Gasteiger partial charge is 0.480 e. The maximum atomic E-state index is 12.1. The number of rotatable bonds is 9. The van der Waals surface area contributed by atoms with E-state index in [1.54, 1.807) is 13.8 Å². The Morgan fingerprint density at radius 3 is 1.95 bits per heavy atom. The first-order chi connectivity index (χ1) is 10.1. The molecule has 22 heavy (non-hydrogen) atoms. The second-order valence-electron chi connectivity index (χ2n) is 6.05. The summed E-state index contributed by atoms with van der Waals surface area (Å²) in [6.07, 6.45) is 0.479. The molecule has 8 nitrogen and oxygen atoms in total. The summed E-state index contributed by atoms with van der Waals surface area (Å²) >= 11 is 0. The predicted octanol–water partition coefficient (Wildman–Crippen LogP) is -0.938. The van der Waals surface area contributed by atoms with E-state index < -0.39 is 42.5 Å². The lowest BCUT2D eigenvalue weighted by atomic mass is 10.0. The van der Waals surface area contributed by atoms with Gasteiger partial charge in [-0.25, -0.2) is 4.79 Å². The second-order valence-corrected chi connectivity index (χ2v) is 6.05. The number of nitrogens with two attached hydrogens (primary N) is 1. The number of carboxylic acid groups (broad SMARTS) is 1. The SMILES string of the molecule is CC(C)CC(N)C(=O)NC(C(=O)NC(CO)C(=O)O)C(C)C. The summed E-state index contributed by atoms with van der Waals surface area (Å²) in [6.45, 7) is 6.56. The number of carbonyl (C=O) groups excluding carboxylic acids is 2. The Morgan fingerprint density at radius 1 is 1.05 bits per heavy atom. The highest BCUT2D eigenvalue weighted by Crippen LogP contribution is 2.06. The molecule has 0 spiro atoms. The molecule has 0 rings (SSSR count). The lowest BCUT2D eigenvalue weighted by Crippen LogP contribution is -2.57. The Bertz CT molecular complexity index is 398. The van der Waals surface area contributed by atoms with Crippen molar-refractivity contribution < 1.29 is 24.6 Å². The minimum atomic E-state index is -1.41. The first kappa shape index (κ1) is 20.3. The molecule has 6 N–H and O–H groups in total. The van der Waals surface area contributed by atoms with Crippen LogP contribution in [-0.4, -0.2) is 52.7 Å². The molecule has 2 amide bonds. The fraction of sp³-hybridized carbons (Fsp3) is 0.786. The number of hydrogen-bond donors (Lipinski definition) is 5. The van der Waals surface area contributed by atoms with Crippen LogP contribution in [0.1, 0.15) is 34.1 Å². The number of aliphatic hydroxyl groups excluding tert-OH is 1. The fourth-order valence-electron chi connectivity index (χ4n) is 1.86. The first-order valence-corrected chi connectivity index (χ1v) is 7.30. The summed E-state index contributed by atoms with van der Waals surface area (Å²) in [7, 11) is 0. The van der Waals surface area contributed by atoms with E-state index in [1.165, 1.54) is 0 Å². The van der Waals surface area contributed by atoms with Crippen molar-refractivity contribution in [3.63, 3.8) is 0 Å². The monoisotopic (exact) mass is 317 g/mol. The van der Waals surface area contributed by atoms with E-state index in [1.807, 2.05) is 13.8 Å². The zero-order valence-electron chi connectivity index (χ0n) is 13.5. The third-order valence-electron chi connectivity index (χ3n) is 3.11. The van der Waals surface area contributed by atoms with Gasteiger partial charge in [-0.1, -0.05) is 27.7 Å². The fourth-order valence-corrected chi connectivity index (χ4v) is 1.86. The molecule has 0 saturated carbocycles. The predicted molar refractivity (Wildman–Crippen MR) is 80.9 cm³/mol. The van der Waals surface area contributed by atoms with Crippen LogP contribution >= 0.6 is 0 Å². The average Bonchev–Trinajstić information content (AvgIpc) is 2.39. The van der Waals surface area contributed by atoms with Gasteiger partial charge in [-0.2, -0.15) is 0 Å². The van der Waals surface area contributed by atoms with Crippen LogP contribution in [0, 0.1) is 11.8 Å². The molecule has 0 bridgehead atoms. The highest BCUT2D eigenvalue weighted by Gasteiger charge is 2.29. The zero-order chi connectivity index (χ0) is 17.4. The van der Waals surface area contributed by atoms with Gasteiger partial charge in [0.2, 0.25) is 11.8 Å². The molecule has 3 atom stereocenters. The van der Waals surface area contributed by atoms with Crippen LogP contribution in [0.25, 0.3) is 0 Å². The Hall–Kier alpha value is -1.67. The van der Waals surface area contributed by atoms with Gasteiger partial charge in [0.1, 0.15) is 12.1 Å². The van der Waals surface area contributed by atoms with Crippen molar-refractivity contribution in [2.75, 3.05) is 6.61 Å². The normalized spacial score (nSPS) is 15.3. The lowest BCUT2D eigenvalue weighted by molar-refractivity contribution is -0.143. The van der Waals surface area contributed by atoms with E-state index in [0.29, 0.717) is 6.42 Å². The quantitative estimate of drug-likeness (QED) is 0.372.